The van der Waals surface area contributed by atoms with Gasteiger partial charge >= 0.3 is 0 Å². The summed E-state index contributed by atoms with van der Waals surface area (Å²) in [7, 11) is 1.57. The van der Waals surface area contributed by atoms with E-state index in [0.29, 0.717) is 11.7 Å². The predicted molar refractivity (Wildman–Crippen MR) is 80.9 cm³/mol. The second-order valence-electron chi connectivity index (χ2n) is 5.62. The van der Waals surface area contributed by atoms with E-state index in [9.17, 15) is 8.42 Å². The lowest BCUT2D eigenvalue weighted by atomic mass is 10.0. The summed E-state index contributed by atoms with van der Waals surface area (Å²) in [6.45, 7) is 4.25. The normalized spacial score (nSPS) is 15.6. The lowest BCUT2D eigenvalue weighted by molar-refractivity contribution is 0.579. The summed E-state index contributed by atoms with van der Waals surface area (Å²) in [6.07, 6.45) is 1.85. The number of nitrogens with zero attached hydrogens (tertiary/aromatic N) is 3. The number of aromatic nitrogens is 3. The molecule has 1 fully saturated rings. The molecule has 0 spiro atoms. The van der Waals surface area contributed by atoms with Crippen LogP contribution in [0.5, 0.6) is 0 Å². The van der Waals surface area contributed by atoms with Gasteiger partial charge in [-0.1, -0.05) is 38.1 Å². The van der Waals surface area contributed by atoms with Gasteiger partial charge in [-0.05, 0) is 24.3 Å². The van der Waals surface area contributed by atoms with Crippen LogP contribution < -0.4 is 0 Å². The molecule has 0 unspecified atom stereocenters. The standard InChI is InChI=1S/C14H16ClN3O2S/c1-9(2)10-3-5-11(6-4-10)13-16-17-14(21(15,19)20)18(13)12-7-8-12/h3-6,9,12H,7-8H2,1-2H3. The lowest BCUT2D eigenvalue weighted by Crippen LogP contribution is -2.06. The number of benzene rings is 1. The van der Waals surface area contributed by atoms with Crippen LogP contribution in [0.3, 0.4) is 0 Å². The largest absolute Gasteiger partial charge is 0.296 e. The monoisotopic (exact) mass is 325 g/mol. The molecule has 1 aliphatic rings. The van der Waals surface area contributed by atoms with E-state index in [-0.39, 0.29) is 11.2 Å². The van der Waals surface area contributed by atoms with Gasteiger partial charge in [-0.2, -0.15) is 0 Å². The van der Waals surface area contributed by atoms with Crippen molar-refractivity contribution >= 4 is 19.7 Å². The molecule has 0 bridgehead atoms. The Bertz CT molecular complexity index is 762. The van der Waals surface area contributed by atoms with Crippen LogP contribution in [-0.4, -0.2) is 23.2 Å². The van der Waals surface area contributed by atoms with Crippen molar-refractivity contribution in [2.45, 2.75) is 43.8 Å². The van der Waals surface area contributed by atoms with Gasteiger partial charge in [0.2, 0.25) is 0 Å². The zero-order chi connectivity index (χ0) is 15.2. The molecule has 1 aliphatic carbocycles. The number of rotatable bonds is 4. The van der Waals surface area contributed by atoms with Crippen LogP contribution in [0.4, 0.5) is 0 Å². The van der Waals surface area contributed by atoms with Gasteiger partial charge in [0.1, 0.15) is 0 Å². The fraction of sp³-hybridized carbons (Fsp3) is 0.429. The van der Waals surface area contributed by atoms with Crippen LogP contribution in [0.25, 0.3) is 11.4 Å². The van der Waals surface area contributed by atoms with E-state index in [0.717, 1.165) is 18.4 Å². The molecule has 0 saturated heterocycles. The Morgan fingerprint density at radius 3 is 2.29 bits per heavy atom. The molecule has 7 heteroatoms. The SMILES string of the molecule is CC(C)c1ccc(-c2nnc(S(=O)(=O)Cl)n2C2CC2)cc1. The number of hydrogen-bond donors (Lipinski definition) is 0. The first-order chi connectivity index (χ1) is 9.88. The van der Waals surface area contributed by atoms with Gasteiger partial charge in [0.15, 0.2) is 5.82 Å². The summed E-state index contributed by atoms with van der Waals surface area (Å²) in [6, 6.07) is 8.08. The van der Waals surface area contributed by atoms with E-state index < -0.39 is 9.05 Å². The van der Waals surface area contributed by atoms with Crippen LogP contribution in [0, 0.1) is 0 Å². The minimum atomic E-state index is -3.89. The highest BCUT2D eigenvalue weighted by Gasteiger charge is 2.34. The first-order valence-corrected chi connectivity index (χ1v) is 9.18. The molecule has 0 N–H and O–H groups in total. The molecule has 3 rings (SSSR count). The van der Waals surface area contributed by atoms with Crippen molar-refractivity contribution in [3.63, 3.8) is 0 Å². The average Bonchev–Trinajstić information content (AvgIpc) is 3.15. The maximum absolute atomic E-state index is 11.6. The maximum atomic E-state index is 11.6. The van der Waals surface area contributed by atoms with Crippen LogP contribution in [0.2, 0.25) is 0 Å². The summed E-state index contributed by atoms with van der Waals surface area (Å²) >= 11 is 0. The highest BCUT2D eigenvalue weighted by molar-refractivity contribution is 8.13. The minimum Gasteiger partial charge on any atom is -0.294 e. The van der Waals surface area contributed by atoms with Crippen molar-refractivity contribution in [1.82, 2.24) is 14.8 Å². The smallest absolute Gasteiger partial charge is 0.294 e. The third-order valence-electron chi connectivity index (χ3n) is 3.63. The van der Waals surface area contributed by atoms with Crippen molar-refractivity contribution in [2.75, 3.05) is 0 Å². The van der Waals surface area contributed by atoms with Gasteiger partial charge in [0.25, 0.3) is 14.2 Å². The van der Waals surface area contributed by atoms with Crippen LogP contribution in [-0.2, 0) is 9.05 Å². The summed E-state index contributed by atoms with van der Waals surface area (Å²) in [5, 5.41) is 7.66. The molecule has 1 heterocycles. The Hall–Kier alpha value is -1.40. The number of hydrogen-bond acceptors (Lipinski definition) is 4. The van der Waals surface area contributed by atoms with Gasteiger partial charge in [0.05, 0.1) is 0 Å². The Balaban J connectivity index is 2.08. The summed E-state index contributed by atoms with van der Waals surface area (Å²) in [5.74, 6) is 1.01. The van der Waals surface area contributed by atoms with Crippen molar-refractivity contribution in [2.24, 2.45) is 0 Å². The first kappa shape index (κ1) is 14.5. The van der Waals surface area contributed by atoms with E-state index in [4.69, 9.17) is 10.7 Å². The molecule has 1 aromatic heterocycles. The Morgan fingerprint density at radius 2 is 1.81 bits per heavy atom. The molecule has 0 aliphatic heterocycles. The quantitative estimate of drug-likeness (QED) is 0.809. The number of halogens is 1. The van der Waals surface area contributed by atoms with E-state index in [1.165, 1.54) is 5.56 Å². The first-order valence-electron chi connectivity index (χ1n) is 6.88. The molecular formula is C14H16ClN3O2S. The van der Waals surface area contributed by atoms with E-state index >= 15 is 0 Å². The van der Waals surface area contributed by atoms with E-state index in [1.54, 1.807) is 4.57 Å². The summed E-state index contributed by atoms with van der Waals surface area (Å²) < 4.78 is 24.9. The van der Waals surface area contributed by atoms with E-state index in [1.807, 2.05) is 24.3 Å². The Kier molecular flexibility index (Phi) is 3.53. The van der Waals surface area contributed by atoms with Crippen molar-refractivity contribution < 1.29 is 8.42 Å². The molecule has 1 aromatic carbocycles. The molecule has 0 amide bonds. The fourth-order valence-electron chi connectivity index (χ4n) is 2.32. The van der Waals surface area contributed by atoms with Gasteiger partial charge in [0, 0.05) is 22.3 Å². The second kappa shape index (κ2) is 5.10. The molecule has 1 saturated carbocycles. The fourth-order valence-corrected chi connectivity index (χ4v) is 3.24. The second-order valence-corrected chi connectivity index (χ2v) is 8.08. The van der Waals surface area contributed by atoms with Crippen molar-refractivity contribution in [3.05, 3.63) is 29.8 Å². The van der Waals surface area contributed by atoms with Crippen molar-refractivity contribution in [1.29, 1.82) is 0 Å². The third-order valence-corrected chi connectivity index (χ3v) is 4.76. The molecule has 112 valence electrons. The molecule has 0 radical (unpaired) electrons. The Morgan fingerprint density at radius 1 is 1.19 bits per heavy atom. The highest BCUT2D eigenvalue weighted by atomic mass is 35.7. The molecular weight excluding hydrogens is 310 g/mol. The lowest BCUT2D eigenvalue weighted by Gasteiger charge is -2.09. The van der Waals surface area contributed by atoms with E-state index in [2.05, 4.69) is 24.0 Å². The minimum absolute atomic E-state index is 0.128. The Labute approximate surface area is 128 Å². The summed E-state index contributed by atoms with van der Waals surface area (Å²) in [5.41, 5.74) is 2.08. The topological polar surface area (TPSA) is 64.8 Å². The van der Waals surface area contributed by atoms with Gasteiger partial charge < -0.3 is 0 Å². The molecule has 21 heavy (non-hydrogen) atoms. The van der Waals surface area contributed by atoms with Gasteiger partial charge in [-0.3, -0.25) is 4.57 Å². The summed E-state index contributed by atoms with van der Waals surface area (Å²) in [4.78, 5) is 0. The molecule has 2 aromatic rings. The third kappa shape index (κ3) is 2.82. The van der Waals surface area contributed by atoms with Gasteiger partial charge in [-0.15, -0.1) is 10.2 Å². The molecule has 5 nitrogen and oxygen atoms in total. The highest BCUT2D eigenvalue weighted by Crippen LogP contribution is 2.40. The van der Waals surface area contributed by atoms with Crippen molar-refractivity contribution in [3.8, 4) is 11.4 Å². The zero-order valence-electron chi connectivity index (χ0n) is 11.8. The van der Waals surface area contributed by atoms with Crippen LogP contribution in [0.1, 0.15) is 44.2 Å². The zero-order valence-corrected chi connectivity index (χ0v) is 13.4. The maximum Gasteiger partial charge on any atom is 0.296 e. The molecule has 0 atom stereocenters. The average molecular weight is 326 g/mol. The van der Waals surface area contributed by atoms with Crippen LogP contribution in [0.15, 0.2) is 29.4 Å². The van der Waals surface area contributed by atoms with Crippen LogP contribution >= 0.6 is 10.7 Å². The van der Waals surface area contributed by atoms with Gasteiger partial charge in [-0.25, -0.2) is 8.42 Å². The predicted octanol–water partition coefficient (Wildman–Crippen LogP) is 3.33.